The SMILES string of the molecule is CCOC(=O)c1ccccc1Nc1nccc(C(=O)NCCC(C)C)n1. The summed E-state index contributed by atoms with van der Waals surface area (Å²) in [4.78, 5) is 32.6. The third kappa shape index (κ3) is 5.54. The fraction of sp³-hybridized carbons (Fsp3) is 0.368. The minimum Gasteiger partial charge on any atom is -0.462 e. The summed E-state index contributed by atoms with van der Waals surface area (Å²) in [6.45, 7) is 6.82. The number of para-hydroxylation sites is 1. The van der Waals surface area contributed by atoms with Crippen LogP contribution >= 0.6 is 0 Å². The zero-order valence-corrected chi connectivity index (χ0v) is 15.3. The number of anilines is 2. The van der Waals surface area contributed by atoms with Gasteiger partial charge in [-0.25, -0.2) is 14.8 Å². The molecule has 26 heavy (non-hydrogen) atoms. The van der Waals surface area contributed by atoms with Gasteiger partial charge in [-0.1, -0.05) is 26.0 Å². The Labute approximate surface area is 153 Å². The van der Waals surface area contributed by atoms with Crippen molar-refractivity contribution in [1.82, 2.24) is 15.3 Å². The fourth-order valence-electron chi connectivity index (χ4n) is 2.21. The van der Waals surface area contributed by atoms with Crippen molar-refractivity contribution in [3.8, 4) is 0 Å². The molecule has 0 aliphatic heterocycles. The van der Waals surface area contributed by atoms with Gasteiger partial charge >= 0.3 is 5.97 Å². The highest BCUT2D eigenvalue weighted by Gasteiger charge is 2.14. The molecule has 0 bridgehead atoms. The Morgan fingerprint density at radius 1 is 1.19 bits per heavy atom. The van der Waals surface area contributed by atoms with Gasteiger partial charge < -0.3 is 15.4 Å². The minimum atomic E-state index is -0.432. The molecule has 0 atom stereocenters. The van der Waals surface area contributed by atoms with E-state index >= 15 is 0 Å². The van der Waals surface area contributed by atoms with E-state index in [9.17, 15) is 9.59 Å². The number of nitrogens with zero attached hydrogens (tertiary/aromatic N) is 2. The van der Waals surface area contributed by atoms with E-state index in [1.807, 2.05) is 0 Å². The Hall–Kier alpha value is -2.96. The molecule has 0 spiro atoms. The number of benzene rings is 1. The lowest BCUT2D eigenvalue weighted by atomic mass is 10.1. The first-order chi connectivity index (χ1) is 12.5. The van der Waals surface area contributed by atoms with E-state index in [1.54, 1.807) is 37.3 Å². The van der Waals surface area contributed by atoms with Crippen molar-refractivity contribution in [2.45, 2.75) is 27.2 Å². The lowest BCUT2D eigenvalue weighted by Crippen LogP contribution is -2.26. The zero-order chi connectivity index (χ0) is 18.9. The number of hydrogen-bond donors (Lipinski definition) is 2. The van der Waals surface area contributed by atoms with Gasteiger partial charge in [0.15, 0.2) is 0 Å². The summed E-state index contributed by atoms with van der Waals surface area (Å²) >= 11 is 0. The predicted molar refractivity (Wildman–Crippen MR) is 99.5 cm³/mol. The van der Waals surface area contributed by atoms with E-state index in [0.717, 1.165) is 6.42 Å². The van der Waals surface area contributed by atoms with Crippen molar-refractivity contribution in [1.29, 1.82) is 0 Å². The van der Waals surface area contributed by atoms with Gasteiger partial charge in [0.25, 0.3) is 5.91 Å². The van der Waals surface area contributed by atoms with Gasteiger partial charge in [-0.05, 0) is 37.5 Å². The standard InChI is InChI=1S/C19H24N4O3/c1-4-26-18(25)14-7-5-6-8-15(14)22-19-21-12-10-16(23-19)17(24)20-11-9-13(2)3/h5-8,10,12-13H,4,9,11H2,1-3H3,(H,20,24)(H,21,22,23). The molecule has 7 nitrogen and oxygen atoms in total. The van der Waals surface area contributed by atoms with Crippen LogP contribution in [0.2, 0.25) is 0 Å². The molecule has 1 amide bonds. The number of aromatic nitrogens is 2. The number of ether oxygens (including phenoxy) is 1. The van der Waals surface area contributed by atoms with Crippen molar-refractivity contribution < 1.29 is 14.3 Å². The summed E-state index contributed by atoms with van der Waals surface area (Å²) in [5, 5.41) is 5.81. The zero-order valence-electron chi connectivity index (χ0n) is 15.3. The van der Waals surface area contributed by atoms with Gasteiger partial charge in [0, 0.05) is 12.7 Å². The van der Waals surface area contributed by atoms with Crippen LogP contribution in [0.1, 0.15) is 48.0 Å². The number of amides is 1. The van der Waals surface area contributed by atoms with Crippen molar-refractivity contribution in [2.75, 3.05) is 18.5 Å². The molecule has 0 aliphatic rings. The average molecular weight is 356 g/mol. The second-order valence-corrected chi connectivity index (χ2v) is 6.09. The molecule has 0 saturated carbocycles. The molecule has 1 aromatic heterocycles. The molecule has 1 aromatic carbocycles. The van der Waals surface area contributed by atoms with Crippen LogP contribution in [0.5, 0.6) is 0 Å². The quantitative estimate of drug-likeness (QED) is 0.706. The molecule has 0 radical (unpaired) electrons. The lowest BCUT2D eigenvalue weighted by Gasteiger charge is -2.11. The molecule has 7 heteroatoms. The molecular weight excluding hydrogens is 332 g/mol. The molecule has 2 aromatic rings. The molecule has 2 rings (SSSR count). The van der Waals surface area contributed by atoms with Gasteiger partial charge in [-0.2, -0.15) is 0 Å². The number of rotatable bonds is 8. The predicted octanol–water partition coefficient (Wildman–Crippen LogP) is 3.17. The molecular formula is C19H24N4O3. The number of hydrogen-bond acceptors (Lipinski definition) is 6. The maximum absolute atomic E-state index is 12.2. The Morgan fingerprint density at radius 3 is 2.69 bits per heavy atom. The molecule has 0 fully saturated rings. The second kappa shape index (κ2) is 9.50. The minimum absolute atomic E-state index is 0.234. The number of carbonyl (C=O) groups is 2. The maximum atomic E-state index is 12.2. The van der Waals surface area contributed by atoms with Gasteiger partial charge in [0.1, 0.15) is 5.69 Å². The van der Waals surface area contributed by atoms with E-state index in [1.165, 1.54) is 6.20 Å². The maximum Gasteiger partial charge on any atom is 0.340 e. The van der Waals surface area contributed by atoms with Crippen molar-refractivity contribution in [3.63, 3.8) is 0 Å². The number of esters is 1. The van der Waals surface area contributed by atoms with Crippen molar-refractivity contribution >= 4 is 23.5 Å². The second-order valence-electron chi connectivity index (χ2n) is 6.09. The first-order valence-corrected chi connectivity index (χ1v) is 8.65. The van der Waals surface area contributed by atoms with Gasteiger partial charge in [-0.3, -0.25) is 4.79 Å². The highest BCUT2D eigenvalue weighted by molar-refractivity contribution is 5.96. The first-order valence-electron chi connectivity index (χ1n) is 8.65. The Bertz CT molecular complexity index is 762. The number of nitrogens with one attached hydrogen (secondary N) is 2. The summed E-state index contributed by atoms with van der Waals surface area (Å²) in [6.07, 6.45) is 2.40. The average Bonchev–Trinajstić information content (AvgIpc) is 2.62. The summed E-state index contributed by atoms with van der Waals surface area (Å²) in [5.41, 5.74) is 1.16. The van der Waals surface area contributed by atoms with Crippen molar-refractivity contribution in [3.05, 3.63) is 47.8 Å². The van der Waals surface area contributed by atoms with E-state index in [2.05, 4.69) is 34.4 Å². The summed E-state index contributed by atoms with van der Waals surface area (Å²) in [5.74, 6) is 0.0588. The molecule has 2 N–H and O–H groups in total. The summed E-state index contributed by atoms with van der Waals surface area (Å²) in [7, 11) is 0. The molecule has 0 aliphatic carbocycles. The molecule has 0 saturated heterocycles. The van der Waals surface area contributed by atoms with Crippen LogP contribution in [-0.4, -0.2) is 35.0 Å². The molecule has 0 unspecified atom stereocenters. The Morgan fingerprint density at radius 2 is 1.96 bits per heavy atom. The van der Waals surface area contributed by atoms with Crippen molar-refractivity contribution in [2.24, 2.45) is 5.92 Å². The summed E-state index contributed by atoms with van der Waals surface area (Å²) in [6, 6.07) is 8.46. The number of carbonyl (C=O) groups excluding carboxylic acids is 2. The monoisotopic (exact) mass is 356 g/mol. The van der Waals surface area contributed by atoms with Crippen LogP contribution in [-0.2, 0) is 4.74 Å². The van der Waals surface area contributed by atoms with Gasteiger partial charge in [0.2, 0.25) is 5.95 Å². The van der Waals surface area contributed by atoms with Crippen LogP contribution in [0.3, 0.4) is 0 Å². The summed E-state index contributed by atoms with van der Waals surface area (Å²) < 4.78 is 5.05. The largest absolute Gasteiger partial charge is 0.462 e. The van der Waals surface area contributed by atoms with E-state index in [-0.39, 0.29) is 24.2 Å². The Balaban J connectivity index is 2.12. The highest BCUT2D eigenvalue weighted by atomic mass is 16.5. The van der Waals surface area contributed by atoms with Gasteiger partial charge in [0.05, 0.1) is 17.9 Å². The third-order valence-electron chi connectivity index (χ3n) is 3.56. The van der Waals surface area contributed by atoms with Crippen LogP contribution < -0.4 is 10.6 Å². The highest BCUT2D eigenvalue weighted by Crippen LogP contribution is 2.19. The lowest BCUT2D eigenvalue weighted by molar-refractivity contribution is 0.0527. The first kappa shape index (κ1) is 19.4. The molecule has 138 valence electrons. The topological polar surface area (TPSA) is 93.2 Å². The Kier molecular flexibility index (Phi) is 7.08. The third-order valence-corrected chi connectivity index (χ3v) is 3.56. The smallest absolute Gasteiger partial charge is 0.340 e. The van der Waals surface area contributed by atoms with E-state index in [0.29, 0.717) is 23.7 Å². The van der Waals surface area contributed by atoms with Crippen LogP contribution in [0.25, 0.3) is 0 Å². The van der Waals surface area contributed by atoms with Crippen LogP contribution in [0, 0.1) is 5.92 Å². The fourth-order valence-corrected chi connectivity index (χ4v) is 2.21. The van der Waals surface area contributed by atoms with Crippen LogP contribution in [0.4, 0.5) is 11.6 Å². The van der Waals surface area contributed by atoms with Crippen LogP contribution in [0.15, 0.2) is 36.5 Å². The van der Waals surface area contributed by atoms with E-state index in [4.69, 9.17) is 4.74 Å². The normalized spacial score (nSPS) is 10.5. The van der Waals surface area contributed by atoms with Gasteiger partial charge in [-0.15, -0.1) is 0 Å². The van der Waals surface area contributed by atoms with E-state index < -0.39 is 5.97 Å². The molecule has 1 heterocycles.